The molecule has 4 bridgehead atoms. The van der Waals surface area contributed by atoms with E-state index in [1.807, 2.05) is 0 Å². The highest BCUT2D eigenvalue weighted by Gasteiger charge is 2.59. The maximum absolute atomic E-state index is 13.8. The number of ketones is 1. The topological polar surface area (TPSA) is 89.9 Å². The monoisotopic (exact) mass is 565 g/mol. The number of esters is 1. The van der Waals surface area contributed by atoms with E-state index >= 15 is 0 Å². The molecule has 0 heterocycles. The van der Waals surface area contributed by atoms with Gasteiger partial charge in [0.05, 0.1) is 12.5 Å². The van der Waals surface area contributed by atoms with Crippen molar-refractivity contribution in [1.82, 2.24) is 0 Å². The third-order valence-corrected chi connectivity index (χ3v) is 10.7. The van der Waals surface area contributed by atoms with Gasteiger partial charge >= 0.3 is 11.9 Å². The van der Waals surface area contributed by atoms with Gasteiger partial charge in [0.25, 0.3) is 0 Å². The summed E-state index contributed by atoms with van der Waals surface area (Å²) in [7, 11) is 0.243. The molecule has 7 rings (SSSR count). The Labute approximate surface area is 232 Å². The molecular weight excluding hydrogens is 538 g/mol. The molecule has 0 spiro atoms. The molecule has 4 saturated carbocycles. The summed E-state index contributed by atoms with van der Waals surface area (Å²) in [6.07, 6.45) is 3.25. The standard InChI is InChI=1S/C31H26F2O6S/c1-38-25-12-24(29(35)36)27(40(22-6-2-20(32)3-7-22)23-8-4-21(33)5-9-23)13-26(25)39-30(37)31-14-17-10-18(15-31)28(34)19(11-17)16-31/h2-9,12-13,17-19H,10-11,14-16H2,1H3/p+1. The summed E-state index contributed by atoms with van der Waals surface area (Å²) in [4.78, 5) is 40.4. The fourth-order valence-electron chi connectivity index (χ4n) is 6.85. The van der Waals surface area contributed by atoms with Crippen LogP contribution in [0.1, 0.15) is 42.5 Å². The van der Waals surface area contributed by atoms with Crippen molar-refractivity contribution in [3.8, 4) is 11.5 Å². The second-order valence-corrected chi connectivity index (χ2v) is 12.9. The summed E-state index contributed by atoms with van der Waals surface area (Å²) in [6, 6.07) is 14.1. The van der Waals surface area contributed by atoms with Crippen molar-refractivity contribution in [2.45, 2.75) is 46.8 Å². The molecular formula is C31H27F2O6S+. The smallest absolute Gasteiger partial charge is 0.341 e. The van der Waals surface area contributed by atoms with Gasteiger partial charge in [-0.15, -0.1) is 0 Å². The van der Waals surface area contributed by atoms with Crippen molar-refractivity contribution in [1.29, 1.82) is 0 Å². The lowest BCUT2D eigenvalue weighted by Gasteiger charge is -2.53. The minimum absolute atomic E-state index is 0.0660. The summed E-state index contributed by atoms with van der Waals surface area (Å²) in [5.74, 6) is -2.09. The van der Waals surface area contributed by atoms with E-state index in [-0.39, 0.29) is 34.7 Å². The summed E-state index contributed by atoms with van der Waals surface area (Å²) < 4.78 is 39.1. The lowest BCUT2D eigenvalue weighted by Crippen LogP contribution is -2.55. The normalized spacial score (nSPS) is 24.8. The summed E-state index contributed by atoms with van der Waals surface area (Å²) in [5.41, 5.74) is -0.842. The second kappa shape index (κ2) is 10.0. The largest absolute Gasteiger partial charge is 0.493 e. The number of carboxylic acid groups (broad SMARTS) is 1. The zero-order valence-corrected chi connectivity index (χ0v) is 22.5. The highest BCUT2D eigenvalue weighted by atomic mass is 32.2. The molecule has 206 valence electrons. The molecule has 2 unspecified atom stereocenters. The van der Waals surface area contributed by atoms with Gasteiger partial charge in [0, 0.05) is 24.0 Å². The minimum Gasteiger partial charge on any atom is -0.493 e. The number of aromatic carboxylic acids is 1. The van der Waals surface area contributed by atoms with Crippen molar-refractivity contribution in [2.24, 2.45) is 23.2 Å². The van der Waals surface area contributed by atoms with Crippen LogP contribution in [0.25, 0.3) is 0 Å². The van der Waals surface area contributed by atoms with Gasteiger partial charge in [-0.05, 0) is 86.6 Å². The maximum atomic E-state index is 13.8. The molecule has 4 aliphatic rings. The van der Waals surface area contributed by atoms with Gasteiger partial charge in [0.15, 0.2) is 26.2 Å². The zero-order valence-electron chi connectivity index (χ0n) is 21.7. The molecule has 4 fully saturated rings. The van der Waals surface area contributed by atoms with Crippen molar-refractivity contribution >= 4 is 28.6 Å². The number of carbonyl (C=O) groups excluding carboxylic acids is 2. The predicted molar refractivity (Wildman–Crippen MR) is 142 cm³/mol. The first-order valence-corrected chi connectivity index (χ1v) is 14.4. The lowest BCUT2D eigenvalue weighted by atomic mass is 9.49. The molecule has 2 atom stereocenters. The first kappa shape index (κ1) is 26.5. The summed E-state index contributed by atoms with van der Waals surface area (Å²) in [6.45, 7) is 0. The molecule has 0 amide bonds. The van der Waals surface area contributed by atoms with Crippen molar-refractivity contribution in [3.05, 3.63) is 77.9 Å². The molecule has 0 saturated heterocycles. The average Bonchev–Trinajstić information content (AvgIpc) is 2.93. The van der Waals surface area contributed by atoms with Gasteiger partial charge in [-0.25, -0.2) is 13.6 Å². The third-order valence-electron chi connectivity index (χ3n) is 8.44. The minimum atomic E-state index is -1.23. The Morgan fingerprint density at radius 2 is 1.43 bits per heavy atom. The summed E-state index contributed by atoms with van der Waals surface area (Å²) in [5, 5.41) is 10.2. The van der Waals surface area contributed by atoms with E-state index in [9.17, 15) is 28.3 Å². The highest BCUT2D eigenvalue weighted by molar-refractivity contribution is 7.97. The molecule has 4 aliphatic carbocycles. The van der Waals surface area contributed by atoms with Crippen LogP contribution in [0.2, 0.25) is 0 Å². The Bertz CT molecular complexity index is 1440. The van der Waals surface area contributed by atoms with E-state index in [1.165, 1.54) is 43.5 Å². The van der Waals surface area contributed by atoms with Gasteiger partial charge in [-0.3, -0.25) is 9.59 Å². The number of carboxylic acids is 1. The van der Waals surface area contributed by atoms with Crippen LogP contribution in [0.5, 0.6) is 11.5 Å². The number of benzene rings is 3. The van der Waals surface area contributed by atoms with Crippen LogP contribution in [0, 0.1) is 34.8 Å². The van der Waals surface area contributed by atoms with E-state index in [2.05, 4.69) is 0 Å². The third kappa shape index (κ3) is 4.56. The predicted octanol–water partition coefficient (Wildman–Crippen LogP) is 6.07. The average molecular weight is 566 g/mol. The number of hydrogen-bond donors (Lipinski definition) is 1. The van der Waals surface area contributed by atoms with E-state index in [4.69, 9.17) is 9.47 Å². The molecule has 40 heavy (non-hydrogen) atoms. The Morgan fingerprint density at radius 3 is 1.93 bits per heavy atom. The zero-order chi connectivity index (χ0) is 28.2. The first-order chi connectivity index (χ1) is 19.2. The van der Waals surface area contributed by atoms with Crippen LogP contribution in [0.4, 0.5) is 8.78 Å². The molecule has 0 aromatic heterocycles. The van der Waals surface area contributed by atoms with Crippen LogP contribution in [0.15, 0.2) is 75.4 Å². The Hall–Kier alpha value is -3.72. The molecule has 3 aromatic rings. The van der Waals surface area contributed by atoms with Crippen LogP contribution in [0.3, 0.4) is 0 Å². The van der Waals surface area contributed by atoms with E-state index < -0.39 is 39.9 Å². The Kier molecular flexibility index (Phi) is 6.65. The van der Waals surface area contributed by atoms with Gasteiger partial charge in [0.2, 0.25) is 0 Å². The second-order valence-electron chi connectivity index (χ2n) is 10.9. The SMILES string of the molecule is COc1cc(C(=O)O)c([S+](c2ccc(F)cc2)c2ccc(F)cc2)cc1OC(=O)C12CC3CC(C1)C(=O)C(C3)C2. The lowest BCUT2D eigenvalue weighted by molar-refractivity contribution is -0.167. The number of methoxy groups -OCH3 is 1. The Balaban J connectivity index is 1.44. The molecule has 9 heteroatoms. The molecule has 0 radical (unpaired) electrons. The fourth-order valence-corrected chi connectivity index (χ4v) is 9.04. The van der Waals surface area contributed by atoms with Crippen LogP contribution >= 0.6 is 0 Å². The number of rotatable bonds is 7. The van der Waals surface area contributed by atoms with E-state index in [0.717, 1.165) is 12.8 Å². The van der Waals surface area contributed by atoms with Crippen molar-refractivity contribution < 1.29 is 37.7 Å². The highest BCUT2D eigenvalue weighted by Crippen LogP contribution is 2.59. The van der Waals surface area contributed by atoms with Crippen molar-refractivity contribution in [3.63, 3.8) is 0 Å². The molecule has 6 nitrogen and oxygen atoms in total. The van der Waals surface area contributed by atoms with Gasteiger partial charge in [-0.2, -0.15) is 0 Å². The number of hydrogen-bond acceptors (Lipinski definition) is 5. The molecule has 0 aliphatic heterocycles. The number of carbonyl (C=O) groups is 3. The first-order valence-electron chi connectivity index (χ1n) is 13.1. The van der Waals surface area contributed by atoms with Crippen LogP contribution < -0.4 is 9.47 Å². The quantitative estimate of drug-likeness (QED) is 0.213. The fraction of sp³-hybridized carbons (Fsp3) is 0.323. The summed E-state index contributed by atoms with van der Waals surface area (Å²) >= 11 is 0. The molecule has 1 N–H and O–H groups in total. The van der Waals surface area contributed by atoms with Crippen molar-refractivity contribution in [2.75, 3.05) is 7.11 Å². The Morgan fingerprint density at radius 1 is 0.875 bits per heavy atom. The number of ether oxygens (including phenoxy) is 2. The van der Waals surface area contributed by atoms with Crippen LogP contribution in [-0.4, -0.2) is 29.9 Å². The maximum Gasteiger partial charge on any atom is 0.341 e. The van der Waals surface area contributed by atoms with Gasteiger partial charge < -0.3 is 14.6 Å². The van der Waals surface area contributed by atoms with Crippen LogP contribution in [-0.2, 0) is 20.5 Å². The number of halogens is 2. The van der Waals surface area contributed by atoms with Gasteiger partial charge in [-0.1, -0.05) is 0 Å². The number of Topliss-reactive ketones (excluding diaryl/α,β-unsaturated/α-hetero) is 1. The van der Waals surface area contributed by atoms with E-state index in [0.29, 0.717) is 39.9 Å². The van der Waals surface area contributed by atoms with E-state index in [1.54, 1.807) is 24.3 Å². The molecule has 3 aromatic carbocycles. The van der Waals surface area contributed by atoms with Gasteiger partial charge in [0.1, 0.15) is 33.9 Å².